The molecule has 1 fully saturated rings. The van der Waals surface area contributed by atoms with E-state index >= 15 is 0 Å². The fourth-order valence-electron chi connectivity index (χ4n) is 1.48. The van der Waals surface area contributed by atoms with E-state index in [9.17, 15) is 0 Å². The molecule has 60 valence electrons. The molecule has 0 aromatic carbocycles. The van der Waals surface area contributed by atoms with Crippen molar-refractivity contribution in [3.63, 3.8) is 0 Å². The van der Waals surface area contributed by atoms with Crippen LogP contribution in [-0.2, 0) is 0 Å². The minimum atomic E-state index is 0.337. The molecule has 0 radical (unpaired) electrons. The van der Waals surface area contributed by atoms with Crippen LogP contribution < -0.4 is 11.1 Å². The van der Waals surface area contributed by atoms with Gasteiger partial charge in [0.15, 0.2) is 0 Å². The summed E-state index contributed by atoms with van der Waals surface area (Å²) in [5, 5.41) is 3.40. The van der Waals surface area contributed by atoms with E-state index in [1.807, 2.05) is 0 Å². The van der Waals surface area contributed by atoms with E-state index in [0.717, 1.165) is 13.0 Å². The highest BCUT2D eigenvalue weighted by molar-refractivity contribution is 4.89. The van der Waals surface area contributed by atoms with Crippen molar-refractivity contribution in [2.45, 2.75) is 39.3 Å². The maximum absolute atomic E-state index is 5.89. The molecule has 1 aliphatic rings. The van der Waals surface area contributed by atoms with Crippen molar-refractivity contribution in [2.75, 3.05) is 6.54 Å². The van der Waals surface area contributed by atoms with E-state index in [1.54, 1.807) is 0 Å². The van der Waals surface area contributed by atoms with E-state index in [1.165, 1.54) is 0 Å². The Balaban J connectivity index is 2.49. The van der Waals surface area contributed by atoms with Gasteiger partial charge >= 0.3 is 0 Å². The van der Waals surface area contributed by atoms with Crippen molar-refractivity contribution in [3.05, 3.63) is 0 Å². The fraction of sp³-hybridized carbons (Fsp3) is 1.00. The lowest BCUT2D eigenvalue weighted by Gasteiger charge is -2.38. The molecule has 0 aromatic heterocycles. The van der Waals surface area contributed by atoms with Crippen molar-refractivity contribution in [1.82, 2.24) is 5.32 Å². The molecule has 0 aliphatic carbocycles. The van der Waals surface area contributed by atoms with Gasteiger partial charge in [0.05, 0.1) is 0 Å². The van der Waals surface area contributed by atoms with Crippen molar-refractivity contribution in [1.29, 1.82) is 0 Å². The molecule has 2 atom stereocenters. The van der Waals surface area contributed by atoms with Gasteiger partial charge in [-0.3, -0.25) is 0 Å². The van der Waals surface area contributed by atoms with Gasteiger partial charge in [0.2, 0.25) is 0 Å². The van der Waals surface area contributed by atoms with E-state index < -0.39 is 0 Å². The summed E-state index contributed by atoms with van der Waals surface area (Å²) in [6.07, 6.45) is 1.14. The minimum absolute atomic E-state index is 0.337. The van der Waals surface area contributed by atoms with Crippen molar-refractivity contribution >= 4 is 0 Å². The number of nitrogens with two attached hydrogens (primary N) is 1. The Bertz CT molecular complexity index is 120. The Morgan fingerprint density at radius 3 is 2.50 bits per heavy atom. The summed E-state index contributed by atoms with van der Waals surface area (Å²) in [5.74, 6) is 0. The van der Waals surface area contributed by atoms with Gasteiger partial charge in [0.25, 0.3) is 0 Å². The van der Waals surface area contributed by atoms with Crippen LogP contribution in [0, 0.1) is 5.41 Å². The first-order valence-electron chi connectivity index (χ1n) is 4.00. The quantitative estimate of drug-likeness (QED) is 0.523. The van der Waals surface area contributed by atoms with Gasteiger partial charge in [-0.2, -0.15) is 0 Å². The molecule has 1 rings (SSSR count). The van der Waals surface area contributed by atoms with Crippen LogP contribution >= 0.6 is 0 Å². The van der Waals surface area contributed by atoms with Gasteiger partial charge in [0, 0.05) is 18.6 Å². The Kier molecular flexibility index (Phi) is 2.02. The molecular weight excluding hydrogens is 124 g/mol. The van der Waals surface area contributed by atoms with Gasteiger partial charge in [-0.1, -0.05) is 13.8 Å². The lowest BCUT2D eigenvalue weighted by Crippen LogP contribution is -2.53. The summed E-state index contributed by atoms with van der Waals surface area (Å²) in [6.45, 7) is 7.76. The fourth-order valence-corrected chi connectivity index (χ4v) is 1.48. The first kappa shape index (κ1) is 8.02. The van der Waals surface area contributed by atoms with E-state index in [4.69, 9.17) is 5.73 Å². The molecule has 2 heteroatoms. The third-order valence-corrected chi connectivity index (χ3v) is 2.33. The average molecular weight is 142 g/mol. The van der Waals surface area contributed by atoms with Crippen LogP contribution in [0.5, 0.6) is 0 Å². The molecule has 1 aliphatic heterocycles. The van der Waals surface area contributed by atoms with Gasteiger partial charge in [-0.25, -0.2) is 0 Å². The summed E-state index contributed by atoms with van der Waals surface area (Å²) < 4.78 is 0. The first-order chi connectivity index (χ1) is 4.51. The molecule has 10 heavy (non-hydrogen) atoms. The van der Waals surface area contributed by atoms with Gasteiger partial charge in [-0.05, 0) is 18.8 Å². The monoisotopic (exact) mass is 142 g/mol. The highest BCUT2D eigenvalue weighted by Gasteiger charge is 2.29. The molecule has 0 amide bonds. The second-order valence-electron chi connectivity index (χ2n) is 4.20. The molecule has 0 bridgehead atoms. The molecule has 0 unspecified atom stereocenters. The molecule has 2 nitrogen and oxygen atoms in total. The summed E-state index contributed by atoms with van der Waals surface area (Å²) in [5.41, 5.74) is 6.29. The molecular formula is C8H18N2. The molecule has 0 saturated carbocycles. The third kappa shape index (κ3) is 1.70. The van der Waals surface area contributed by atoms with Crippen LogP contribution in [0.3, 0.4) is 0 Å². The van der Waals surface area contributed by atoms with Crippen LogP contribution in [0.2, 0.25) is 0 Å². The Morgan fingerprint density at radius 1 is 1.50 bits per heavy atom. The van der Waals surface area contributed by atoms with Crippen LogP contribution in [0.1, 0.15) is 27.2 Å². The molecule has 0 spiro atoms. The molecule has 3 N–H and O–H groups in total. The number of hydrogen-bond acceptors (Lipinski definition) is 2. The SMILES string of the molecule is C[C@@H]1NCC(C)(C)C[C@H]1N. The number of rotatable bonds is 0. The molecule has 1 saturated heterocycles. The first-order valence-corrected chi connectivity index (χ1v) is 4.00. The summed E-state index contributed by atoms with van der Waals surface area (Å²) in [7, 11) is 0. The predicted octanol–water partition coefficient (Wildman–Crippen LogP) is 0.722. The predicted molar refractivity (Wildman–Crippen MR) is 43.8 cm³/mol. The zero-order valence-electron chi connectivity index (χ0n) is 7.15. The van der Waals surface area contributed by atoms with Crippen molar-refractivity contribution < 1.29 is 0 Å². The highest BCUT2D eigenvalue weighted by atomic mass is 15.0. The third-order valence-electron chi connectivity index (χ3n) is 2.33. The van der Waals surface area contributed by atoms with Gasteiger partial charge < -0.3 is 11.1 Å². The van der Waals surface area contributed by atoms with E-state index in [2.05, 4.69) is 26.1 Å². The highest BCUT2D eigenvalue weighted by Crippen LogP contribution is 2.25. The summed E-state index contributed by atoms with van der Waals surface area (Å²) in [6, 6.07) is 0.830. The topological polar surface area (TPSA) is 38.0 Å². The summed E-state index contributed by atoms with van der Waals surface area (Å²) in [4.78, 5) is 0. The maximum atomic E-state index is 5.89. The van der Waals surface area contributed by atoms with Gasteiger partial charge in [-0.15, -0.1) is 0 Å². The van der Waals surface area contributed by atoms with E-state index in [-0.39, 0.29) is 0 Å². The zero-order chi connectivity index (χ0) is 7.78. The van der Waals surface area contributed by atoms with Crippen LogP contribution in [0.15, 0.2) is 0 Å². The number of nitrogens with one attached hydrogen (secondary N) is 1. The number of piperidine rings is 1. The molecule has 0 aromatic rings. The van der Waals surface area contributed by atoms with Crippen LogP contribution in [-0.4, -0.2) is 18.6 Å². The van der Waals surface area contributed by atoms with Crippen molar-refractivity contribution in [2.24, 2.45) is 11.1 Å². The van der Waals surface area contributed by atoms with Crippen LogP contribution in [0.4, 0.5) is 0 Å². The van der Waals surface area contributed by atoms with Gasteiger partial charge in [0.1, 0.15) is 0 Å². The minimum Gasteiger partial charge on any atom is -0.326 e. The Hall–Kier alpha value is -0.0800. The number of hydrogen-bond donors (Lipinski definition) is 2. The second kappa shape index (κ2) is 2.51. The van der Waals surface area contributed by atoms with E-state index in [0.29, 0.717) is 17.5 Å². The standard InChI is InChI=1S/C8H18N2/c1-6-7(9)4-8(2,3)5-10-6/h6-7,10H,4-5,9H2,1-3H3/t6-,7+/m0/s1. The second-order valence-corrected chi connectivity index (χ2v) is 4.20. The van der Waals surface area contributed by atoms with Crippen LogP contribution in [0.25, 0.3) is 0 Å². The summed E-state index contributed by atoms with van der Waals surface area (Å²) >= 11 is 0. The lowest BCUT2D eigenvalue weighted by atomic mass is 9.80. The lowest BCUT2D eigenvalue weighted by molar-refractivity contribution is 0.204. The maximum Gasteiger partial charge on any atom is 0.0197 e. The Labute approximate surface area is 63.2 Å². The smallest absolute Gasteiger partial charge is 0.0197 e. The van der Waals surface area contributed by atoms with Crippen molar-refractivity contribution in [3.8, 4) is 0 Å². The molecule has 1 heterocycles. The normalized spacial score (nSPS) is 39.6. The Morgan fingerprint density at radius 2 is 2.10 bits per heavy atom. The average Bonchev–Trinajstić information content (AvgIpc) is 1.79. The largest absolute Gasteiger partial charge is 0.326 e. The zero-order valence-corrected chi connectivity index (χ0v) is 7.15.